The third-order valence-corrected chi connectivity index (χ3v) is 3.44. The van der Waals surface area contributed by atoms with Crippen LogP contribution in [0.1, 0.15) is 12.8 Å². The molecular weight excluding hydrogens is 166 g/mol. The van der Waals surface area contributed by atoms with E-state index in [9.17, 15) is 4.79 Å². The second-order valence-corrected chi connectivity index (χ2v) is 4.17. The predicted molar refractivity (Wildman–Crippen MR) is 49.8 cm³/mol. The van der Waals surface area contributed by atoms with Crippen molar-refractivity contribution in [2.75, 3.05) is 19.6 Å². The van der Waals surface area contributed by atoms with Crippen molar-refractivity contribution in [1.29, 1.82) is 0 Å². The van der Waals surface area contributed by atoms with Gasteiger partial charge in [-0.25, -0.2) is 0 Å². The first-order chi connectivity index (χ1) is 6.22. The fourth-order valence-corrected chi connectivity index (χ4v) is 2.64. The van der Waals surface area contributed by atoms with Crippen LogP contribution in [0.4, 0.5) is 0 Å². The van der Waals surface area contributed by atoms with Crippen LogP contribution < -0.4 is 11.5 Å². The molecule has 1 aliphatic carbocycles. The zero-order valence-electron chi connectivity index (χ0n) is 7.78. The molecule has 1 saturated carbocycles. The molecule has 0 bridgehead atoms. The summed E-state index contributed by atoms with van der Waals surface area (Å²) in [7, 11) is 0. The maximum Gasteiger partial charge on any atom is 0.236 e. The highest BCUT2D eigenvalue weighted by atomic mass is 16.2. The number of nitrogens with two attached hydrogens (primary N) is 2. The minimum Gasteiger partial charge on any atom is -0.341 e. The summed E-state index contributed by atoms with van der Waals surface area (Å²) in [5.41, 5.74) is 11.3. The molecule has 1 saturated heterocycles. The van der Waals surface area contributed by atoms with E-state index in [1.165, 1.54) is 6.42 Å². The first-order valence-corrected chi connectivity index (χ1v) is 4.95. The summed E-state index contributed by atoms with van der Waals surface area (Å²) in [4.78, 5) is 13.2. The summed E-state index contributed by atoms with van der Waals surface area (Å²) in [6, 6.07) is 0.306. The van der Waals surface area contributed by atoms with E-state index in [1.807, 2.05) is 4.90 Å². The van der Waals surface area contributed by atoms with Crippen molar-refractivity contribution >= 4 is 5.91 Å². The smallest absolute Gasteiger partial charge is 0.236 e. The number of fused-ring (bicyclic) bond motifs is 1. The Morgan fingerprint density at radius 2 is 2.15 bits per heavy atom. The van der Waals surface area contributed by atoms with Gasteiger partial charge in [0, 0.05) is 19.1 Å². The molecule has 13 heavy (non-hydrogen) atoms. The van der Waals surface area contributed by atoms with Gasteiger partial charge in [0.1, 0.15) is 0 Å². The number of nitrogens with zero attached hydrogens (tertiary/aromatic N) is 1. The van der Waals surface area contributed by atoms with Crippen molar-refractivity contribution < 1.29 is 4.79 Å². The van der Waals surface area contributed by atoms with Crippen LogP contribution in [0.15, 0.2) is 0 Å². The van der Waals surface area contributed by atoms with Gasteiger partial charge < -0.3 is 16.4 Å². The summed E-state index contributed by atoms with van der Waals surface area (Å²) >= 11 is 0. The van der Waals surface area contributed by atoms with E-state index in [0.717, 1.165) is 19.5 Å². The van der Waals surface area contributed by atoms with E-state index < -0.39 is 0 Å². The largest absolute Gasteiger partial charge is 0.341 e. The number of rotatable bonds is 1. The minimum atomic E-state index is 0.0709. The molecule has 2 aliphatic rings. The Hall–Kier alpha value is -0.610. The van der Waals surface area contributed by atoms with Crippen LogP contribution in [0.2, 0.25) is 0 Å². The van der Waals surface area contributed by atoms with Crippen molar-refractivity contribution in [1.82, 2.24) is 4.90 Å². The lowest BCUT2D eigenvalue weighted by Crippen LogP contribution is -2.36. The van der Waals surface area contributed by atoms with Gasteiger partial charge in [0.2, 0.25) is 5.91 Å². The molecule has 74 valence electrons. The highest BCUT2D eigenvalue weighted by Crippen LogP contribution is 2.36. The van der Waals surface area contributed by atoms with Gasteiger partial charge in [-0.05, 0) is 24.7 Å². The Morgan fingerprint density at radius 3 is 2.77 bits per heavy atom. The van der Waals surface area contributed by atoms with E-state index >= 15 is 0 Å². The lowest BCUT2D eigenvalue weighted by Gasteiger charge is -2.17. The SMILES string of the molecule is NCC(=O)N1CC2CCC(N)C2C1. The zero-order chi connectivity index (χ0) is 9.42. The van der Waals surface area contributed by atoms with Crippen LogP contribution in [0, 0.1) is 11.8 Å². The molecule has 3 unspecified atom stereocenters. The first kappa shape index (κ1) is 8.97. The summed E-state index contributed by atoms with van der Waals surface area (Å²) < 4.78 is 0. The number of carbonyl (C=O) groups is 1. The Kier molecular flexibility index (Phi) is 2.26. The lowest BCUT2D eigenvalue weighted by atomic mass is 9.98. The Labute approximate surface area is 78.2 Å². The average molecular weight is 183 g/mol. The van der Waals surface area contributed by atoms with Crippen LogP contribution in [0.3, 0.4) is 0 Å². The van der Waals surface area contributed by atoms with Gasteiger partial charge in [0.25, 0.3) is 0 Å². The summed E-state index contributed by atoms with van der Waals surface area (Å²) in [5, 5.41) is 0. The van der Waals surface area contributed by atoms with E-state index in [2.05, 4.69) is 0 Å². The normalized spacial score (nSPS) is 38.0. The highest BCUT2D eigenvalue weighted by molar-refractivity contribution is 5.78. The molecule has 2 fully saturated rings. The van der Waals surface area contributed by atoms with Crippen molar-refractivity contribution in [3.63, 3.8) is 0 Å². The number of likely N-dealkylation sites (tertiary alicyclic amines) is 1. The van der Waals surface area contributed by atoms with Crippen LogP contribution in [-0.4, -0.2) is 36.5 Å². The molecule has 0 aromatic rings. The molecule has 1 aliphatic heterocycles. The van der Waals surface area contributed by atoms with Crippen molar-refractivity contribution in [2.45, 2.75) is 18.9 Å². The number of carbonyl (C=O) groups excluding carboxylic acids is 1. The minimum absolute atomic E-state index is 0.0709. The maximum absolute atomic E-state index is 11.3. The number of hydrogen-bond acceptors (Lipinski definition) is 3. The molecule has 2 rings (SSSR count). The number of amides is 1. The predicted octanol–water partition coefficient (Wildman–Crippen LogP) is -0.859. The van der Waals surface area contributed by atoms with Crippen molar-refractivity contribution in [2.24, 2.45) is 23.3 Å². The van der Waals surface area contributed by atoms with Gasteiger partial charge in [0.05, 0.1) is 6.54 Å². The molecule has 0 aromatic carbocycles. The van der Waals surface area contributed by atoms with E-state index in [-0.39, 0.29) is 12.5 Å². The van der Waals surface area contributed by atoms with Gasteiger partial charge >= 0.3 is 0 Å². The first-order valence-electron chi connectivity index (χ1n) is 4.95. The highest BCUT2D eigenvalue weighted by Gasteiger charge is 2.41. The molecule has 4 nitrogen and oxygen atoms in total. The van der Waals surface area contributed by atoms with E-state index in [4.69, 9.17) is 11.5 Å². The Bertz CT molecular complexity index is 219. The van der Waals surface area contributed by atoms with Crippen LogP contribution in [0.25, 0.3) is 0 Å². The average Bonchev–Trinajstić information content (AvgIpc) is 2.67. The van der Waals surface area contributed by atoms with Gasteiger partial charge in [-0.1, -0.05) is 0 Å². The Balaban J connectivity index is 1.98. The molecule has 3 atom stereocenters. The van der Waals surface area contributed by atoms with Gasteiger partial charge in [-0.15, -0.1) is 0 Å². The Morgan fingerprint density at radius 1 is 1.38 bits per heavy atom. The molecular formula is C9H17N3O. The zero-order valence-corrected chi connectivity index (χ0v) is 7.78. The maximum atomic E-state index is 11.3. The number of hydrogen-bond donors (Lipinski definition) is 2. The van der Waals surface area contributed by atoms with Crippen LogP contribution >= 0.6 is 0 Å². The molecule has 4 N–H and O–H groups in total. The van der Waals surface area contributed by atoms with E-state index in [0.29, 0.717) is 17.9 Å². The van der Waals surface area contributed by atoms with Crippen LogP contribution in [-0.2, 0) is 4.79 Å². The quantitative estimate of drug-likeness (QED) is 0.555. The molecule has 4 heteroatoms. The second-order valence-electron chi connectivity index (χ2n) is 4.17. The molecule has 1 heterocycles. The van der Waals surface area contributed by atoms with Gasteiger partial charge in [0.15, 0.2) is 0 Å². The monoisotopic (exact) mass is 183 g/mol. The van der Waals surface area contributed by atoms with Crippen molar-refractivity contribution in [3.8, 4) is 0 Å². The summed E-state index contributed by atoms with van der Waals surface area (Å²) in [5.74, 6) is 1.25. The third-order valence-electron chi connectivity index (χ3n) is 3.44. The lowest BCUT2D eigenvalue weighted by molar-refractivity contribution is -0.128. The summed E-state index contributed by atoms with van der Waals surface area (Å²) in [6.45, 7) is 1.85. The second kappa shape index (κ2) is 3.27. The third kappa shape index (κ3) is 1.44. The molecule has 0 aromatic heterocycles. The van der Waals surface area contributed by atoms with Gasteiger partial charge in [-0.3, -0.25) is 4.79 Å². The molecule has 0 radical (unpaired) electrons. The molecule has 0 spiro atoms. The van der Waals surface area contributed by atoms with Crippen molar-refractivity contribution in [3.05, 3.63) is 0 Å². The summed E-state index contributed by atoms with van der Waals surface area (Å²) in [6.07, 6.45) is 2.31. The van der Waals surface area contributed by atoms with Crippen LogP contribution in [0.5, 0.6) is 0 Å². The fourth-order valence-electron chi connectivity index (χ4n) is 2.64. The standard InChI is InChI=1S/C9H17N3O/c10-3-9(13)12-4-6-1-2-8(11)7(6)5-12/h6-8H,1-5,10-11H2. The fraction of sp³-hybridized carbons (Fsp3) is 0.889. The molecule has 1 amide bonds. The van der Waals surface area contributed by atoms with E-state index in [1.54, 1.807) is 0 Å². The van der Waals surface area contributed by atoms with Gasteiger partial charge in [-0.2, -0.15) is 0 Å². The topological polar surface area (TPSA) is 72.4 Å².